The monoisotopic (exact) mass is 432 g/mol. The van der Waals surface area contributed by atoms with Crippen LogP contribution in [0, 0.1) is 11.8 Å². The molecule has 7 heteroatoms. The zero-order valence-electron chi connectivity index (χ0n) is 18.6. The van der Waals surface area contributed by atoms with Gasteiger partial charge in [0.25, 0.3) is 0 Å². The van der Waals surface area contributed by atoms with E-state index in [1.54, 1.807) is 0 Å². The number of carbonyl (C=O) groups is 3. The van der Waals surface area contributed by atoms with Crippen molar-refractivity contribution in [2.75, 3.05) is 6.54 Å². The number of hydrogen-bond donors (Lipinski definition) is 3. The molecule has 31 heavy (non-hydrogen) atoms. The van der Waals surface area contributed by atoms with E-state index >= 15 is 0 Å². The molecular formula is C24H36N2O5. The van der Waals surface area contributed by atoms with Crippen molar-refractivity contribution in [3.63, 3.8) is 0 Å². The van der Waals surface area contributed by atoms with Crippen molar-refractivity contribution in [3.8, 4) is 0 Å². The molecule has 1 unspecified atom stereocenters. The minimum absolute atomic E-state index is 0.0381. The molecule has 1 fully saturated rings. The van der Waals surface area contributed by atoms with E-state index in [9.17, 15) is 19.5 Å². The largest absolute Gasteiger partial charge is 0.445 e. The molecular weight excluding hydrogens is 396 g/mol. The van der Waals surface area contributed by atoms with Crippen LogP contribution < -0.4 is 10.6 Å². The SMILES string of the molecule is CC(C)[C@H](NC(=O)OCc1ccccc1)C(=O)C[C@H]1CCCCCCCNC(=O)C1O. The normalized spacial score (nSPS) is 21.5. The van der Waals surface area contributed by atoms with Crippen LogP contribution in [0.15, 0.2) is 30.3 Å². The number of rotatable bonds is 7. The summed E-state index contributed by atoms with van der Waals surface area (Å²) in [5.74, 6) is -1.23. The molecule has 0 aromatic heterocycles. The molecule has 2 rings (SSSR count). The fourth-order valence-corrected chi connectivity index (χ4v) is 3.86. The first-order valence-electron chi connectivity index (χ1n) is 11.3. The van der Waals surface area contributed by atoms with E-state index in [2.05, 4.69) is 10.6 Å². The van der Waals surface area contributed by atoms with Crippen molar-refractivity contribution in [2.24, 2.45) is 11.8 Å². The first kappa shape index (κ1) is 24.9. The van der Waals surface area contributed by atoms with Crippen LogP contribution in [0.3, 0.4) is 0 Å². The topological polar surface area (TPSA) is 105 Å². The Balaban J connectivity index is 1.96. The number of ketones is 1. The molecule has 1 aromatic rings. The predicted molar refractivity (Wildman–Crippen MR) is 118 cm³/mol. The summed E-state index contributed by atoms with van der Waals surface area (Å²) in [5.41, 5.74) is 0.858. The summed E-state index contributed by atoms with van der Waals surface area (Å²) in [4.78, 5) is 37.6. The minimum atomic E-state index is -1.22. The first-order valence-corrected chi connectivity index (χ1v) is 11.3. The van der Waals surface area contributed by atoms with E-state index in [1.807, 2.05) is 44.2 Å². The lowest BCUT2D eigenvalue weighted by atomic mass is 9.86. The average Bonchev–Trinajstić information content (AvgIpc) is 2.79. The van der Waals surface area contributed by atoms with Gasteiger partial charge in [0.15, 0.2) is 5.78 Å². The molecule has 3 atom stereocenters. The summed E-state index contributed by atoms with van der Waals surface area (Å²) in [7, 11) is 0. The Morgan fingerprint density at radius 3 is 2.52 bits per heavy atom. The molecule has 172 valence electrons. The second-order valence-electron chi connectivity index (χ2n) is 8.65. The van der Waals surface area contributed by atoms with E-state index in [4.69, 9.17) is 4.74 Å². The van der Waals surface area contributed by atoms with Crippen LogP contribution in [-0.4, -0.2) is 41.6 Å². The first-order chi connectivity index (χ1) is 14.9. The Labute approximate surface area is 184 Å². The van der Waals surface area contributed by atoms with Crippen molar-refractivity contribution in [1.82, 2.24) is 10.6 Å². The van der Waals surface area contributed by atoms with Gasteiger partial charge in [0.2, 0.25) is 5.91 Å². The average molecular weight is 433 g/mol. The molecule has 0 bridgehead atoms. The fraction of sp³-hybridized carbons (Fsp3) is 0.625. The lowest BCUT2D eigenvalue weighted by Gasteiger charge is -2.26. The Morgan fingerprint density at radius 2 is 1.81 bits per heavy atom. The van der Waals surface area contributed by atoms with Crippen LogP contribution in [0.5, 0.6) is 0 Å². The summed E-state index contributed by atoms with van der Waals surface area (Å²) in [6.45, 7) is 4.36. The number of Topliss-reactive ketones (excluding diaryl/α,β-unsaturated/α-hetero) is 1. The third-order valence-electron chi connectivity index (χ3n) is 5.73. The molecule has 3 N–H and O–H groups in total. The Bertz CT molecular complexity index is 707. The number of benzene rings is 1. The number of nitrogens with one attached hydrogen (secondary N) is 2. The van der Waals surface area contributed by atoms with E-state index in [0.29, 0.717) is 13.0 Å². The van der Waals surface area contributed by atoms with Gasteiger partial charge in [-0.2, -0.15) is 0 Å². The molecule has 1 aliphatic rings. The van der Waals surface area contributed by atoms with Gasteiger partial charge in [-0.1, -0.05) is 69.9 Å². The van der Waals surface area contributed by atoms with Gasteiger partial charge in [-0.15, -0.1) is 0 Å². The van der Waals surface area contributed by atoms with Gasteiger partial charge < -0.3 is 20.5 Å². The highest BCUT2D eigenvalue weighted by atomic mass is 16.5. The van der Waals surface area contributed by atoms with Gasteiger partial charge in [-0.05, 0) is 24.3 Å². The van der Waals surface area contributed by atoms with E-state index < -0.39 is 30.1 Å². The van der Waals surface area contributed by atoms with Crippen molar-refractivity contribution >= 4 is 17.8 Å². The molecule has 7 nitrogen and oxygen atoms in total. The molecule has 0 saturated carbocycles. The maximum Gasteiger partial charge on any atom is 0.408 e. The van der Waals surface area contributed by atoms with Crippen molar-refractivity contribution in [3.05, 3.63) is 35.9 Å². The molecule has 0 radical (unpaired) electrons. The van der Waals surface area contributed by atoms with Gasteiger partial charge in [0, 0.05) is 18.9 Å². The maximum atomic E-state index is 13.0. The summed E-state index contributed by atoms with van der Waals surface area (Å²) in [5, 5.41) is 16.0. The molecule has 0 spiro atoms. The summed E-state index contributed by atoms with van der Waals surface area (Å²) < 4.78 is 5.25. The van der Waals surface area contributed by atoms with Gasteiger partial charge in [-0.3, -0.25) is 9.59 Å². The summed E-state index contributed by atoms with van der Waals surface area (Å²) >= 11 is 0. The van der Waals surface area contributed by atoms with Crippen LogP contribution >= 0.6 is 0 Å². The fourth-order valence-electron chi connectivity index (χ4n) is 3.86. The third kappa shape index (κ3) is 8.69. The van der Waals surface area contributed by atoms with Crippen molar-refractivity contribution in [1.29, 1.82) is 0 Å². The van der Waals surface area contributed by atoms with Crippen LogP contribution in [0.4, 0.5) is 4.79 Å². The van der Waals surface area contributed by atoms with Gasteiger partial charge in [-0.25, -0.2) is 4.79 Å². The summed E-state index contributed by atoms with van der Waals surface area (Å²) in [6, 6.07) is 8.57. The molecule has 2 amide bonds. The number of hydrogen-bond acceptors (Lipinski definition) is 5. The highest BCUT2D eigenvalue weighted by Gasteiger charge is 2.32. The number of alkyl carbamates (subject to hydrolysis) is 1. The Morgan fingerprint density at radius 1 is 1.13 bits per heavy atom. The Kier molecular flexibility index (Phi) is 10.5. The van der Waals surface area contributed by atoms with E-state index in [1.165, 1.54) is 0 Å². The third-order valence-corrected chi connectivity index (χ3v) is 5.73. The number of carbonyl (C=O) groups excluding carboxylic acids is 3. The van der Waals surface area contributed by atoms with Gasteiger partial charge >= 0.3 is 6.09 Å². The second-order valence-corrected chi connectivity index (χ2v) is 8.65. The number of aliphatic hydroxyl groups is 1. The minimum Gasteiger partial charge on any atom is -0.445 e. The lowest BCUT2D eigenvalue weighted by Crippen LogP contribution is -2.47. The quantitative estimate of drug-likeness (QED) is 0.613. The van der Waals surface area contributed by atoms with Crippen molar-refractivity contribution in [2.45, 2.75) is 77.5 Å². The van der Waals surface area contributed by atoms with Crippen LogP contribution in [0.25, 0.3) is 0 Å². The van der Waals surface area contributed by atoms with Crippen molar-refractivity contribution < 1.29 is 24.2 Å². The second kappa shape index (κ2) is 13.1. The molecule has 1 heterocycles. The van der Waals surface area contributed by atoms with Gasteiger partial charge in [0.05, 0.1) is 6.04 Å². The maximum absolute atomic E-state index is 13.0. The highest BCUT2D eigenvalue weighted by molar-refractivity contribution is 5.89. The number of aliphatic hydroxyl groups excluding tert-OH is 1. The highest BCUT2D eigenvalue weighted by Crippen LogP contribution is 2.22. The predicted octanol–water partition coefficient (Wildman–Crippen LogP) is 3.34. The van der Waals surface area contributed by atoms with Gasteiger partial charge in [0.1, 0.15) is 12.7 Å². The zero-order valence-corrected chi connectivity index (χ0v) is 18.6. The molecule has 1 aliphatic heterocycles. The van der Waals surface area contributed by atoms with E-state index in [-0.39, 0.29) is 24.7 Å². The zero-order chi connectivity index (χ0) is 22.6. The number of amides is 2. The van der Waals surface area contributed by atoms with Crippen LogP contribution in [0.2, 0.25) is 0 Å². The van der Waals surface area contributed by atoms with Crippen LogP contribution in [0.1, 0.15) is 64.4 Å². The smallest absolute Gasteiger partial charge is 0.408 e. The van der Waals surface area contributed by atoms with Crippen LogP contribution in [-0.2, 0) is 20.9 Å². The summed E-state index contributed by atoms with van der Waals surface area (Å²) in [6.07, 6.45) is 3.66. The lowest BCUT2D eigenvalue weighted by molar-refractivity contribution is -0.134. The number of ether oxygens (including phenoxy) is 1. The molecule has 1 aromatic carbocycles. The molecule has 1 saturated heterocycles. The molecule has 0 aliphatic carbocycles. The van der Waals surface area contributed by atoms with E-state index in [0.717, 1.165) is 37.7 Å². The standard InChI is InChI=1S/C24H36N2O5/c1-17(2)21(26-24(30)31-16-18-11-7-6-8-12-18)20(27)15-19-13-9-4-3-5-10-14-25-23(29)22(19)28/h6-8,11-12,17,19,21-22,28H,3-5,9-10,13-16H2,1-2H3,(H,25,29)(H,26,30)/t19-,21+,22?/m1/s1. The Hall–Kier alpha value is -2.41.